The molecule has 1 aromatic carbocycles. The molecule has 2 heterocycles. The normalized spacial score (nSPS) is 14.2. The summed E-state index contributed by atoms with van der Waals surface area (Å²) in [5.74, 6) is -0.262. The van der Waals surface area contributed by atoms with Crippen LogP contribution in [0.15, 0.2) is 42.7 Å². The second-order valence-electron chi connectivity index (χ2n) is 6.48. The van der Waals surface area contributed by atoms with Crippen LogP contribution in [-0.2, 0) is 6.54 Å². The molecule has 0 spiro atoms. The van der Waals surface area contributed by atoms with Gasteiger partial charge in [0.25, 0.3) is 11.8 Å². The average Bonchev–Trinajstić information content (AvgIpc) is 2.67. The highest BCUT2D eigenvalue weighted by atomic mass is 16.2. The van der Waals surface area contributed by atoms with E-state index in [-0.39, 0.29) is 11.8 Å². The summed E-state index contributed by atoms with van der Waals surface area (Å²) in [6.07, 6.45) is 6.28. The Hall–Kier alpha value is -2.69. The van der Waals surface area contributed by atoms with Gasteiger partial charge in [-0.3, -0.25) is 14.6 Å². The van der Waals surface area contributed by atoms with Crippen molar-refractivity contribution in [2.75, 3.05) is 13.1 Å². The molecule has 3 rings (SSSR count). The van der Waals surface area contributed by atoms with Crippen molar-refractivity contribution >= 4 is 11.8 Å². The summed E-state index contributed by atoms with van der Waals surface area (Å²) < 4.78 is 0. The largest absolute Gasteiger partial charge is 0.348 e. The smallest absolute Gasteiger partial charge is 0.255 e. The van der Waals surface area contributed by atoms with Crippen LogP contribution in [0, 0.1) is 6.92 Å². The minimum Gasteiger partial charge on any atom is -0.348 e. The Morgan fingerprint density at radius 3 is 2.44 bits per heavy atom. The van der Waals surface area contributed by atoms with Crippen molar-refractivity contribution in [3.05, 3.63) is 65.0 Å². The molecule has 1 aliphatic rings. The van der Waals surface area contributed by atoms with E-state index in [1.165, 1.54) is 24.4 Å². The van der Waals surface area contributed by atoms with Gasteiger partial charge in [-0.2, -0.15) is 0 Å². The number of nitrogens with zero attached hydrogens (tertiary/aromatic N) is 2. The van der Waals surface area contributed by atoms with E-state index in [0.29, 0.717) is 17.7 Å². The maximum atomic E-state index is 12.5. The van der Waals surface area contributed by atoms with Gasteiger partial charge in [-0.25, -0.2) is 0 Å². The standard InChI is InChI=1S/C20H23N3O2/c1-15-5-7-16(8-6-15)12-22-19(24)17-11-18(14-21-13-17)20(25)23-9-3-2-4-10-23/h5-8,11,13-14H,2-4,9-10,12H2,1H3,(H,22,24). The topological polar surface area (TPSA) is 62.3 Å². The second-order valence-corrected chi connectivity index (χ2v) is 6.48. The van der Waals surface area contributed by atoms with Gasteiger partial charge in [0, 0.05) is 32.0 Å². The molecule has 2 amide bonds. The van der Waals surface area contributed by atoms with E-state index in [0.717, 1.165) is 31.5 Å². The van der Waals surface area contributed by atoms with Gasteiger partial charge in [0.2, 0.25) is 0 Å². The first-order valence-electron chi connectivity index (χ1n) is 8.71. The maximum Gasteiger partial charge on any atom is 0.255 e. The van der Waals surface area contributed by atoms with Gasteiger partial charge in [-0.1, -0.05) is 29.8 Å². The SMILES string of the molecule is Cc1ccc(CNC(=O)c2cncc(C(=O)N3CCCCC3)c2)cc1. The van der Waals surface area contributed by atoms with Crippen molar-refractivity contribution in [1.82, 2.24) is 15.2 Å². The van der Waals surface area contributed by atoms with Gasteiger partial charge in [0.15, 0.2) is 0 Å². The summed E-state index contributed by atoms with van der Waals surface area (Å²) in [5.41, 5.74) is 3.11. The number of aromatic nitrogens is 1. The summed E-state index contributed by atoms with van der Waals surface area (Å²) >= 11 is 0. The number of hydrogen-bond acceptors (Lipinski definition) is 3. The fraction of sp³-hybridized carbons (Fsp3) is 0.350. The lowest BCUT2D eigenvalue weighted by molar-refractivity contribution is 0.0724. The van der Waals surface area contributed by atoms with Crippen LogP contribution in [0.2, 0.25) is 0 Å². The number of amides is 2. The predicted molar refractivity (Wildman–Crippen MR) is 96.3 cm³/mol. The quantitative estimate of drug-likeness (QED) is 0.933. The zero-order valence-corrected chi connectivity index (χ0v) is 14.5. The number of hydrogen-bond donors (Lipinski definition) is 1. The number of nitrogens with one attached hydrogen (secondary N) is 1. The lowest BCUT2D eigenvalue weighted by Crippen LogP contribution is -2.35. The van der Waals surface area contributed by atoms with Crippen molar-refractivity contribution < 1.29 is 9.59 Å². The highest BCUT2D eigenvalue weighted by molar-refractivity contribution is 5.99. The number of benzene rings is 1. The Kier molecular flexibility index (Phi) is 5.43. The van der Waals surface area contributed by atoms with Crippen LogP contribution in [-0.4, -0.2) is 34.8 Å². The molecule has 1 saturated heterocycles. The molecular weight excluding hydrogens is 314 g/mol. The van der Waals surface area contributed by atoms with Gasteiger partial charge in [0.1, 0.15) is 0 Å². The molecule has 1 fully saturated rings. The average molecular weight is 337 g/mol. The second kappa shape index (κ2) is 7.92. The number of carbonyl (C=O) groups is 2. The summed E-state index contributed by atoms with van der Waals surface area (Å²) in [4.78, 5) is 30.8. The summed E-state index contributed by atoms with van der Waals surface area (Å²) in [7, 11) is 0. The van der Waals surface area contributed by atoms with Gasteiger partial charge < -0.3 is 10.2 Å². The zero-order chi connectivity index (χ0) is 17.6. The molecule has 5 nitrogen and oxygen atoms in total. The van der Waals surface area contributed by atoms with E-state index in [1.807, 2.05) is 36.1 Å². The van der Waals surface area contributed by atoms with Crippen molar-refractivity contribution in [3.63, 3.8) is 0 Å². The molecule has 0 bridgehead atoms. The zero-order valence-electron chi connectivity index (χ0n) is 14.5. The van der Waals surface area contributed by atoms with E-state index < -0.39 is 0 Å². The van der Waals surface area contributed by atoms with Crippen molar-refractivity contribution in [1.29, 1.82) is 0 Å². The summed E-state index contributed by atoms with van der Waals surface area (Å²) in [6, 6.07) is 9.64. The fourth-order valence-corrected chi connectivity index (χ4v) is 2.95. The number of likely N-dealkylation sites (tertiary alicyclic amines) is 1. The highest BCUT2D eigenvalue weighted by Crippen LogP contribution is 2.13. The highest BCUT2D eigenvalue weighted by Gasteiger charge is 2.19. The van der Waals surface area contributed by atoms with Gasteiger partial charge >= 0.3 is 0 Å². The van der Waals surface area contributed by atoms with E-state index in [9.17, 15) is 9.59 Å². The van der Waals surface area contributed by atoms with Crippen LogP contribution in [0.4, 0.5) is 0 Å². The maximum absolute atomic E-state index is 12.5. The Morgan fingerprint density at radius 1 is 1.04 bits per heavy atom. The number of piperidine rings is 1. The summed E-state index contributed by atoms with van der Waals surface area (Å²) in [5, 5.41) is 2.88. The molecule has 0 atom stereocenters. The Balaban J connectivity index is 1.64. The third kappa shape index (κ3) is 4.44. The van der Waals surface area contributed by atoms with Crippen LogP contribution >= 0.6 is 0 Å². The van der Waals surface area contributed by atoms with Crippen molar-refractivity contribution in [3.8, 4) is 0 Å². The molecule has 25 heavy (non-hydrogen) atoms. The third-order valence-corrected chi connectivity index (χ3v) is 4.46. The van der Waals surface area contributed by atoms with E-state index >= 15 is 0 Å². The Labute approximate surface area is 148 Å². The first-order chi connectivity index (χ1) is 12.1. The lowest BCUT2D eigenvalue weighted by Gasteiger charge is -2.26. The van der Waals surface area contributed by atoms with Crippen LogP contribution in [0.1, 0.15) is 51.1 Å². The fourth-order valence-electron chi connectivity index (χ4n) is 2.95. The molecule has 1 aromatic heterocycles. The van der Waals surface area contributed by atoms with Gasteiger partial charge in [-0.05, 0) is 37.8 Å². The predicted octanol–water partition coefficient (Wildman–Crippen LogP) is 2.95. The number of pyridine rings is 1. The third-order valence-electron chi connectivity index (χ3n) is 4.46. The van der Waals surface area contributed by atoms with Crippen LogP contribution < -0.4 is 5.32 Å². The number of carbonyl (C=O) groups excluding carboxylic acids is 2. The van der Waals surface area contributed by atoms with Crippen LogP contribution in [0.5, 0.6) is 0 Å². The van der Waals surface area contributed by atoms with Gasteiger partial charge in [0.05, 0.1) is 11.1 Å². The molecule has 1 N–H and O–H groups in total. The van der Waals surface area contributed by atoms with Crippen LogP contribution in [0.25, 0.3) is 0 Å². The monoisotopic (exact) mass is 337 g/mol. The molecule has 0 saturated carbocycles. The Morgan fingerprint density at radius 2 is 1.72 bits per heavy atom. The summed E-state index contributed by atoms with van der Waals surface area (Å²) in [6.45, 7) is 4.04. The molecule has 1 aliphatic heterocycles. The minimum absolute atomic E-state index is 0.0413. The first kappa shape index (κ1) is 17.1. The molecule has 130 valence electrons. The van der Waals surface area contributed by atoms with E-state index in [1.54, 1.807) is 6.07 Å². The molecule has 0 radical (unpaired) electrons. The molecule has 2 aromatic rings. The lowest BCUT2D eigenvalue weighted by atomic mass is 10.1. The first-order valence-corrected chi connectivity index (χ1v) is 8.71. The van der Waals surface area contributed by atoms with Gasteiger partial charge in [-0.15, -0.1) is 0 Å². The minimum atomic E-state index is -0.221. The molecule has 5 heteroatoms. The molecule has 0 aliphatic carbocycles. The van der Waals surface area contributed by atoms with E-state index in [4.69, 9.17) is 0 Å². The van der Waals surface area contributed by atoms with Crippen LogP contribution in [0.3, 0.4) is 0 Å². The Bertz CT molecular complexity index is 750. The van der Waals surface area contributed by atoms with Crippen molar-refractivity contribution in [2.24, 2.45) is 0 Å². The molecular formula is C20H23N3O2. The number of aryl methyl sites for hydroxylation is 1. The number of rotatable bonds is 4. The van der Waals surface area contributed by atoms with E-state index in [2.05, 4.69) is 10.3 Å². The molecule has 0 unspecified atom stereocenters. The van der Waals surface area contributed by atoms with Crippen molar-refractivity contribution in [2.45, 2.75) is 32.7 Å².